The van der Waals surface area contributed by atoms with E-state index in [-0.39, 0.29) is 12.0 Å². The van der Waals surface area contributed by atoms with Crippen molar-refractivity contribution in [2.24, 2.45) is 0 Å². The summed E-state index contributed by atoms with van der Waals surface area (Å²) in [4.78, 5) is 28.1. The highest BCUT2D eigenvalue weighted by atomic mass is 32.1. The molecule has 0 aromatic carbocycles. The Hall–Kier alpha value is -2.65. The number of rotatable bonds is 10. The number of likely N-dealkylation sites (tertiary alicyclic amines) is 1. The van der Waals surface area contributed by atoms with Crippen molar-refractivity contribution < 1.29 is 14.3 Å². The minimum atomic E-state index is -0.228. The normalized spacial score (nSPS) is 19.1. The van der Waals surface area contributed by atoms with Crippen LogP contribution < -0.4 is 10.6 Å². The van der Waals surface area contributed by atoms with Gasteiger partial charge in [0.2, 0.25) is 0 Å². The molecule has 182 valence electrons. The van der Waals surface area contributed by atoms with E-state index >= 15 is 0 Å². The molecule has 11 heteroatoms. The van der Waals surface area contributed by atoms with Gasteiger partial charge in [-0.15, -0.1) is 11.3 Å². The van der Waals surface area contributed by atoms with Crippen molar-refractivity contribution in [3.8, 4) is 6.07 Å². The van der Waals surface area contributed by atoms with Crippen LogP contribution in [-0.2, 0) is 9.47 Å². The monoisotopic (exact) mass is 485 g/mol. The average Bonchev–Trinajstić information content (AvgIpc) is 3.51. The van der Waals surface area contributed by atoms with Gasteiger partial charge in [-0.25, -0.2) is 15.0 Å². The number of hydrogen-bond donors (Lipinski definition) is 2. The van der Waals surface area contributed by atoms with Crippen molar-refractivity contribution in [2.45, 2.75) is 44.6 Å². The molecule has 2 aromatic rings. The molecule has 34 heavy (non-hydrogen) atoms. The van der Waals surface area contributed by atoms with Crippen LogP contribution in [0.5, 0.6) is 0 Å². The van der Waals surface area contributed by atoms with Gasteiger partial charge < -0.3 is 20.1 Å². The molecule has 1 atom stereocenters. The highest BCUT2D eigenvalue weighted by Gasteiger charge is 2.22. The Kier molecular flexibility index (Phi) is 8.76. The molecule has 2 aliphatic rings. The fourth-order valence-corrected chi connectivity index (χ4v) is 4.91. The number of ether oxygens (including phenoxy) is 2. The number of carbonyl (C=O) groups is 1. The summed E-state index contributed by atoms with van der Waals surface area (Å²) in [6.07, 6.45) is 4.25. The van der Waals surface area contributed by atoms with Crippen LogP contribution in [0, 0.1) is 18.3 Å². The second-order valence-electron chi connectivity index (χ2n) is 8.56. The number of nitrogens with zero attached hydrogens (tertiary/aromatic N) is 5. The lowest BCUT2D eigenvalue weighted by Crippen LogP contribution is -2.33. The molecule has 0 radical (unpaired) electrons. The third-order valence-corrected chi connectivity index (χ3v) is 6.75. The van der Waals surface area contributed by atoms with Gasteiger partial charge in [-0.2, -0.15) is 5.26 Å². The minimum Gasteiger partial charge on any atom is -0.377 e. The summed E-state index contributed by atoms with van der Waals surface area (Å²) in [5.74, 6) is 1.48. The molecule has 4 rings (SSSR count). The number of anilines is 2. The van der Waals surface area contributed by atoms with Crippen LogP contribution in [0.2, 0.25) is 0 Å². The molecular formula is C23H31N7O3S. The van der Waals surface area contributed by atoms with Gasteiger partial charge in [0.05, 0.1) is 31.9 Å². The molecule has 10 nitrogen and oxygen atoms in total. The number of aryl methyl sites for hydroxylation is 1. The van der Waals surface area contributed by atoms with Crippen molar-refractivity contribution in [1.29, 1.82) is 5.26 Å². The highest BCUT2D eigenvalue weighted by Crippen LogP contribution is 2.29. The number of piperidine rings is 1. The molecule has 1 amide bonds. The molecule has 2 aliphatic heterocycles. The lowest BCUT2D eigenvalue weighted by atomic mass is 9.93. The minimum absolute atomic E-state index is 0.185. The van der Waals surface area contributed by atoms with Gasteiger partial charge in [0.1, 0.15) is 17.3 Å². The summed E-state index contributed by atoms with van der Waals surface area (Å²) in [5, 5.41) is 17.3. The Morgan fingerprint density at radius 3 is 2.94 bits per heavy atom. The van der Waals surface area contributed by atoms with Crippen LogP contribution in [0.4, 0.5) is 10.9 Å². The molecule has 0 aliphatic carbocycles. The standard InChI is InChI=1S/C23H31N7O3S/c1-16-26-19(17-4-8-30(9-5-17)10-6-24)13-21(27-16)29-23-28-20(15-34-23)22(31)25-7-12-32-14-18-3-2-11-33-18/h13,15,17-18H,2-5,7-12,14H2,1H3,(H,25,31)(H,26,27,28,29)/t18-/m1/s1. The molecule has 2 fully saturated rings. The van der Waals surface area contributed by atoms with E-state index < -0.39 is 0 Å². The van der Waals surface area contributed by atoms with Gasteiger partial charge in [-0.3, -0.25) is 9.69 Å². The summed E-state index contributed by atoms with van der Waals surface area (Å²) in [7, 11) is 0. The van der Waals surface area contributed by atoms with E-state index in [4.69, 9.17) is 14.7 Å². The van der Waals surface area contributed by atoms with E-state index in [1.54, 1.807) is 5.38 Å². The highest BCUT2D eigenvalue weighted by molar-refractivity contribution is 7.14. The quantitative estimate of drug-likeness (QED) is 0.386. The Bertz CT molecular complexity index is 995. The first-order chi connectivity index (χ1) is 16.6. The van der Waals surface area contributed by atoms with E-state index in [0.717, 1.165) is 51.1 Å². The molecule has 2 N–H and O–H groups in total. The third-order valence-electron chi connectivity index (χ3n) is 5.99. The zero-order chi connectivity index (χ0) is 23.8. The lowest BCUT2D eigenvalue weighted by molar-refractivity contribution is 0.0183. The summed E-state index contributed by atoms with van der Waals surface area (Å²) >= 11 is 1.36. The number of carbonyl (C=O) groups excluding carboxylic acids is 1. The predicted molar refractivity (Wildman–Crippen MR) is 128 cm³/mol. The molecule has 2 aromatic heterocycles. The Labute approximate surface area is 203 Å². The largest absolute Gasteiger partial charge is 0.377 e. The first-order valence-electron chi connectivity index (χ1n) is 11.8. The number of hydrogen-bond acceptors (Lipinski definition) is 10. The second-order valence-corrected chi connectivity index (χ2v) is 9.42. The summed E-state index contributed by atoms with van der Waals surface area (Å²) in [6, 6.07) is 4.18. The van der Waals surface area contributed by atoms with E-state index in [0.29, 0.717) is 54.7 Å². The molecule has 0 unspecified atom stereocenters. The number of aromatic nitrogens is 3. The predicted octanol–water partition coefficient (Wildman–Crippen LogP) is 2.61. The molecule has 0 spiro atoms. The maximum absolute atomic E-state index is 12.4. The van der Waals surface area contributed by atoms with Crippen molar-refractivity contribution in [1.82, 2.24) is 25.2 Å². The Morgan fingerprint density at radius 2 is 2.18 bits per heavy atom. The Morgan fingerprint density at radius 1 is 1.32 bits per heavy atom. The number of nitriles is 1. The summed E-state index contributed by atoms with van der Waals surface area (Å²) in [5.41, 5.74) is 1.37. The summed E-state index contributed by atoms with van der Waals surface area (Å²) < 4.78 is 11.1. The molecule has 4 heterocycles. The van der Waals surface area contributed by atoms with Crippen molar-refractivity contribution in [3.63, 3.8) is 0 Å². The van der Waals surface area contributed by atoms with E-state index in [1.807, 2.05) is 13.0 Å². The van der Waals surface area contributed by atoms with Crippen LogP contribution in [0.3, 0.4) is 0 Å². The van der Waals surface area contributed by atoms with Crippen molar-refractivity contribution in [3.05, 3.63) is 28.7 Å². The van der Waals surface area contributed by atoms with Crippen LogP contribution in [-0.4, -0.2) is 77.9 Å². The van der Waals surface area contributed by atoms with Gasteiger partial charge >= 0.3 is 0 Å². The van der Waals surface area contributed by atoms with Crippen molar-refractivity contribution >= 4 is 28.2 Å². The van der Waals surface area contributed by atoms with Gasteiger partial charge in [0.15, 0.2) is 5.13 Å². The third kappa shape index (κ3) is 6.93. The topological polar surface area (TPSA) is 125 Å². The first kappa shape index (κ1) is 24.5. The first-order valence-corrected chi connectivity index (χ1v) is 12.6. The SMILES string of the molecule is Cc1nc(Nc2nc(C(=O)NCCOC[C@H]3CCCO3)cs2)cc(C2CCN(CC#N)CC2)n1. The van der Waals surface area contributed by atoms with Gasteiger partial charge in [0, 0.05) is 36.2 Å². The molecule has 0 bridgehead atoms. The van der Waals surface area contributed by atoms with Crippen LogP contribution in [0.15, 0.2) is 11.4 Å². The second kappa shape index (κ2) is 12.2. The summed E-state index contributed by atoms with van der Waals surface area (Å²) in [6.45, 7) is 6.39. The number of amides is 1. The maximum Gasteiger partial charge on any atom is 0.270 e. The van der Waals surface area contributed by atoms with E-state index in [9.17, 15) is 4.79 Å². The van der Waals surface area contributed by atoms with Gasteiger partial charge in [-0.05, 0) is 45.7 Å². The van der Waals surface area contributed by atoms with Gasteiger partial charge in [-0.1, -0.05) is 0 Å². The molecule has 2 saturated heterocycles. The zero-order valence-corrected chi connectivity index (χ0v) is 20.3. The lowest BCUT2D eigenvalue weighted by Gasteiger charge is -2.30. The van der Waals surface area contributed by atoms with E-state index in [2.05, 4.69) is 36.6 Å². The van der Waals surface area contributed by atoms with Crippen molar-refractivity contribution in [2.75, 3.05) is 51.3 Å². The average molecular weight is 486 g/mol. The fraction of sp³-hybridized carbons (Fsp3) is 0.609. The number of thiazole rings is 1. The molecule has 0 saturated carbocycles. The van der Waals surface area contributed by atoms with Crippen LogP contribution in [0.25, 0.3) is 0 Å². The van der Waals surface area contributed by atoms with E-state index in [1.165, 1.54) is 11.3 Å². The maximum atomic E-state index is 12.4. The smallest absolute Gasteiger partial charge is 0.270 e. The van der Waals surface area contributed by atoms with Gasteiger partial charge in [0.25, 0.3) is 5.91 Å². The van der Waals surface area contributed by atoms with Crippen LogP contribution >= 0.6 is 11.3 Å². The molecular weight excluding hydrogens is 454 g/mol. The fourth-order valence-electron chi connectivity index (χ4n) is 4.21. The van der Waals surface area contributed by atoms with Crippen LogP contribution in [0.1, 0.15) is 53.6 Å². The Balaban J connectivity index is 1.26. The number of nitrogens with one attached hydrogen (secondary N) is 2. The zero-order valence-electron chi connectivity index (χ0n) is 19.5.